The maximum Gasteiger partial charge on any atom is 0.276 e. The Balaban J connectivity index is 2.07. The molecule has 7 nitrogen and oxygen atoms in total. The second-order valence-electron chi connectivity index (χ2n) is 6.65. The van der Waals surface area contributed by atoms with Crippen molar-refractivity contribution in [2.45, 2.75) is 20.8 Å². The van der Waals surface area contributed by atoms with Crippen molar-refractivity contribution in [3.8, 4) is 0 Å². The van der Waals surface area contributed by atoms with Crippen molar-refractivity contribution in [2.24, 2.45) is 5.41 Å². The molecule has 0 saturated carbocycles. The topological polar surface area (TPSA) is 98.9 Å². The van der Waals surface area contributed by atoms with Crippen LogP contribution in [0.5, 0.6) is 0 Å². The van der Waals surface area contributed by atoms with Crippen LogP contribution in [0.2, 0.25) is 0 Å². The van der Waals surface area contributed by atoms with Gasteiger partial charge < -0.3 is 20.9 Å². The standard InChI is InChI=1S/C17H23N5O2/c1-17(2,3)9-19-15(23)13-14(21-10-20-13)16(24)22-12-7-5-11(18-4)6-8-12/h5-8,10,18H,9H2,1-4H3,(H,19,23)(H,20,21)(H,22,24). The monoisotopic (exact) mass is 329 g/mol. The lowest BCUT2D eigenvalue weighted by atomic mass is 9.97. The number of H-pyrrole nitrogens is 1. The second-order valence-corrected chi connectivity index (χ2v) is 6.65. The first kappa shape index (κ1) is 17.5. The molecule has 0 bridgehead atoms. The normalized spacial score (nSPS) is 11.0. The quantitative estimate of drug-likeness (QED) is 0.677. The molecule has 0 aliphatic heterocycles. The maximum atomic E-state index is 12.4. The third-order valence-corrected chi connectivity index (χ3v) is 3.29. The molecule has 1 heterocycles. The predicted octanol–water partition coefficient (Wildman–Crippen LogP) is 2.48. The SMILES string of the molecule is CNc1ccc(NC(=O)c2nc[nH]c2C(=O)NCC(C)(C)C)cc1. The van der Waals surface area contributed by atoms with Gasteiger partial charge in [-0.05, 0) is 29.7 Å². The van der Waals surface area contributed by atoms with Crippen molar-refractivity contribution in [3.05, 3.63) is 42.0 Å². The van der Waals surface area contributed by atoms with E-state index in [2.05, 4.69) is 25.9 Å². The van der Waals surface area contributed by atoms with Gasteiger partial charge in [-0.3, -0.25) is 9.59 Å². The van der Waals surface area contributed by atoms with E-state index >= 15 is 0 Å². The van der Waals surface area contributed by atoms with E-state index in [9.17, 15) is 9.59 Å². The smallest absolute Gasteiger partial charge is 0.276 e. The van der Waals surface area contributed by atoms with Gasteiger partial charge in [-0.25, -0.2) is 4.98 Å². The highest BCUT2D eigenvalue weighted by Gasteiger charge is 2.21. The second kappa shape index (κ2) is 7.16. The minimum Gasteiger partial charge on any atom is -0.388 e. The molecule has 2 aromatic rings. The van der Waals surface area contributed by atoms with Crippen LogP contribution in [0.15, 0.2) is 30.6 Å². The molecule has 24 heavy (non-hydrogen) atoms. The molecule has 2 amide bonds. The molecular weight excluding hydrogens is 306 g/mol. The summed E-state index contributed by atoms with van der Waals surface area (Å²) in [6.07, 6.45) is 1.34. The molecule has 0 aliphatic rings. The summed E-state index contributed by atoms with van der Waals surface area (Å²) in [6.45, 7) is 6.55. The van der Waals surface area contributed by atoms with E-state index in [1.54, 1.807) is 12.1 Å². The molecule has 2 rings (SSSR count). The first-order chi connectivity index (χ1) is 11.3. The van der Waals surface area contributed by atoms with Gasteiger partial charge in [-0.1, -0.05) is 20.8 Å². The van der Waals surface area contributed by atoms with Crippen molar-refractivity contribution < 1.29 is 9.59 Å². The Morgan fingerprint density at radius 1 is 1.08 bits per heavy atom. The third kappa shape index (κ3) is 4.58. The molecular formula is C17H23N5O2. The Kier molecular flexibility index (Phi) is 5.23. The number of anilines is 2. The Morgan fingerprint density at radius 3 is 2.29 bits per heavy atom. The number of aromatic nitrogens is 2. The highest BCUT2D eigenvalue weighted by molar-refractivity contribution is 6.10. The molecule has 0 atom stereocenters. The number of nitrogens with zero attached hydrogens (tertiary/aromatic N) is 1. The number of carbonyl (C=O) groups is 2. The molecule has 0 saturated heterocycles. The average Bonchev–Trinajstić information content (AvgIpc) is 3.02. The van der Waals surface area contributed by atoms with E-state index in [-0.39, 0.29) is 22.7 Å². The van der Waals surface area contributed by atoms with Gasteiger partial charge in [0.15, 0.2) is 5.69 Å². The Labute approximate surface area is 141 Å². The van der Waals surface area contributed by atoms with Crippen molar-refractivity contribution in [2.75, 3.05) is 24.2 Å². The van der Waals surface area contributed by atoms with E-state index in [1.165, 1.54) is 6.33 Å². The number of benzene rings is 1. The van der Waals surface area contributed by atoms with Crippen LogP contribution in [-0.4, -0.2) is 35.4 Å². The number of carbonyl (C=O) groups excluding carboxylic acids is 2. The average molecular weight is 329 g/mol. The van der Waals surface area contributed by atoms with Crippen molar-refractivity contribution in [1.82, 2.24) is 15.3 Å². The van der Waals surface area contributed by atoms with Crippen LogP contribution in [0.1, 0.15) is 41.7 Å². The lowest BCUT2D eigenvalue weighted by Crippen LogP contribution is -2.33. The summed E-state index contributed by atoms with van der Waals surface area (Å²) in [5.74, 6) is -0.785. The van der Waals surface area contributed by atoms with Crippen LogP contribution in [0, 0.1) is 5.41 Å². The fourth-order valence-electron chi connectivity index (χ4n) is 1.98. The first-order valence-corrected chi connectivity index (χ1v) is 7.71. The van der Waals surface area contributed by atoms with Crippen LogP contribution < -0.4 is 16.0 Å². The van der Waals surface area contributed by atoms with E-state index in [1.807, 2.05) is 40.0 Å². The summed E-state index contributed by atoms with van der Waals surface area (Å²) >= 11 is 0. The number of imidazole rings is 1. The number of hydrogen-bond acceptors (Lipinski definition) is 4. The molecule has 0 unspecified atom stereocenters. The van der Waals surface area contributed by atoms with Crippen LogP contribution in [-0.2, 0) is 0 Å². The van der Waals surface area contributed by atoms with Gasteiger partial charge in [-0.15, -0.1) is 0 Å². The molecule has 7 heteroatoms. The number of aromatic amines is 1. The summed E-state index contributed by atoms with van der Waals surface area (Å²) in [6, 6.07) is 7.24. The molecule has 0 radical (unpaired) electrons. The fraction of sp³-hybridized carbons (Fsp3) is 0.353. The number of hydrogen-bond donors (Lipinski definition) is 4. The zero-order chi connectivity index (χ0) is 17.7. The Bertz CT molecular complexity index is 713. The van der Waals surface area contributed by atoms with Gasteiger partial charge in [0.05, 0.1) is 6.33 Å². The molecule has 0 aliphatic carbocycles. The molecule has 1 aromatic carbocycles. The highest BCUT2D eigenvalue weighted by Crippen LogP contribution is 2.15. The summed E-state index contributed by atoms with van der Waals surface area (Å²) in [5.41, 5.74) is 1.74. The Hall–Kier alpha value is -2.83. The van der Waals surface area contributed by atoms with E-state index in [4.69, 9.17) is 0 Å². The molecule has 0 fully saturated rings. The van der Waals surface area contributed by atoms with E-state index in [0.29, 0.717) is 12.2 Å². The lowest BCUT2D eigenvalue weighted by Gasteiger charge is -2.18. The van der Waals surface area contributed by atoms with Crippen molar-refractivity contribution >= 4 is 23.2 Å². The summed E-state index contributed by atoms with van der Waals surface area (Å²) in [7, 11) is 1.82. The van der Waals surface area contributed by atoms with E-state index in [0.717, 1.165) is 5.69 Å². The maximum absolute atomic E-state index is 12.4. The predicted molar refractivity (Wildman–Crippen MR) is 94.3 cm³/mol. The zero-order valence-electron chi connectivity index (χ0n) is 14.4. The van der Waals surface area contributed by atoms with Crippen LogP contribution in [0.3, 0.4) is 0 Å². The van der Waals surface area contributed by atoms with Gasteiger partial charge in [0.2, 0.25) is 0 Å². The lowest BCUT2D eigenvalue weighted by molar-refractivity contribution is 0.0923. The fourth-order valence-corrected chi connectivity index (χ4v) is 1.98. The Morgan fingerprint density at radius 2 is 1.71 bits per heavy atom. The van der Waals surface area contributed by atoms with Gasteiger partial charge in [0.1, 0.15) is 5.69 Å². The van der Waals surface area contributed by atoms with Gasteiger partial charge >= 0.3 is 0 Å². The summed E-state index contributed by atoms with van der Waals surface area (Å²) in [4.78, 5) is 31.3. The van der Waals surface area contributed by atoms with Gasteiger partial charge in [-0.2, -0.15) is 0 Å². The number of rotatable bonds is 5. The molecule has 1 aromatic heterocycles. The first-order valence-electron chi connectivity index (χ1n) is 7.71. The zero-order valence-corrected chi connectivity index (χ0v) is 14.4. The van der Waals surface area contributed by atoms with Crippen molar-refractivity contribution in [1.29, 1.82) is 0 Å². The third-order valence-electron chi connectivity index (χ3n) is 3.29. The van der Waals surface area contributed by atoms with Crippen LogP contribution in [0.4, 0.5) is 11.4 Å². The van der Waals surface area contributed by atoms with Crippen LogP contribution in [0.25, 0.3) is 0 Å². The van der Waals surface area contributed by atoms with Crippen molar-refractivity contribution in [3.63, 3.8) is 0 Å². The summed E-state index contributed by atoms with van der Waals surface area (Å²) < 4.78 is 0. The molecule has 0 spiro atoms. The minimum absolute atomic E-state index is 0.0484. The minimum atomic E-state index is -0.436. The largest absolute Gasteiger partial charge is 0.388 e. The molecule has 4 N–H and O–H groups in total. The van der Waals surface area contributed by atoms with Gasteiger partial charge in [0.25, 0.3) is 11.8 Å². The van der Waals surface area contributed by atoms with Crippen LogP contribution >= 0.6 is 0 Å². The molecule has 128 valence electrons. The van der Waals surface area contributed by atoms with E-state index < -0.39 is 5.91 Å². The van der Waals surface area contributed by atoms with Gasteiger partial charge in [0, 0.05) is 25.0 Å². The number of nitrogens with one attached hydrogen (secondary N) is 4. The number of amides is 2. The highest BCUT2D eigenvalue weighted by atomic mass is 16.2. The summed E-state index contributed by atoms with van der Waals surface area (Å²) in [5, 5.41) is 8.54.